The fourth-order valence-electron chi connectivity index (χ4n) is 4.92. The van der Waals surface area contributed by atoms with E-state index in [1.165, 1.54) is 54.6 Å². The molecule has 2 aliphatic heterocycles. The van der Waals surface area contributed by atoms with Crippen LogP contribution in [0.25, 0.3) is 5.57 Å². The van der Waals surface area contributed by atoms with Crippen LogP contribution in [0.4, 0.5) is 5.69 Å². The van der Waals surface area contributed by atoms with E-state index in [-0.39, 0.29) is 28.1 Å². The summed E-state index contributed by atoms with van der Waals surface area (Å²) in [4.78, 5) is 12.8. The van der Waals surface area contributed by atoms with Gasteiger partial charge in [0.05, 0.1) is 5.97 Å². The van der Waals surface area contributed by atoms with Crippen LogP contribution in [0.1, 0.15) is 88.3 Å². The average molecular weight is 481 g/mol. The van der Waals surface area contributed by atoms with Crippen molar-refractivity contribution in [3.63, 3.8) is 0 Å². The van der Waals surface area contributed by atoms with Gasteiger partial charge in [0.1, 0.15) is 18.5 Å². The van der Waals surface area contributed by atoms with Gasteiger partial charge in [-0.3, -0.25) is 0 Å². The number of hydrogen-bond acceptors (Lipinski definition) is 3. The lowest BCUT2D eigenvalue weighted by molar-refractivity contribution is -0.504. The Morgan fingerprint density at radius 1 is 1.00 bits per heavy atom. The first-order chi connectivity index (χ1) is 23.0. The van der Waals surface area contributed by atoms with Crippen molar-refractivity contribution in [2.75, 3.05) is 30.9 Å². The van der Waals surface area contributed by atoms with Crippen LogP contribution in [-0.4, -0.2) is 42.2 Å². The van der Waals surface area contributed by atoms with Crippen LogP contribution in [0.2, 0.25) is 0 Å². The van der Waals surface area contributed by atoms with Gasteiger partial charge in [-0.15, -0.1) is 0 Å². The zero-order valence-corrected chi connectivity index (χ0v) is 19.0. The summed E-state index contributed by atoms with van der Waals surface area (Å²) >= 11 is 0. The molecule has 2 saturated heterocycles. The van der Waals surface area contributed by atoms with Gasteiger partial charge in [-0.1, -0.05) is 44.2 Å². The molecule has 2 aromatic rings. The van der Waals surface area contributed by atoms with Gasteiger partial charge >= 0.3 is 0 Å². The summed E-state index contributed by atoms with van der Waals surface area (Å²) in [7, 11) is 0. The second-order valence-corrected chi connectivity index (χ2v) is 8.91. The zero-order chi connectivity index (χ0) is 38.5. The Kier molecular flexibility index (Phi) is 2.56. The summed E-state index contributed by atoms with van der Waals surface area (Å²) < 4.78 is 135. The Bertz CT molecular complexity index is 1990. The maximum Gasteiger partial charge on any atom is 0.200 e. The Balaban J connectivity index is 1.70. The number of carboxylic acids is 1. The molecule has 0 bridgehead atoms. The van der Waals surface area contributed by atoms with E-state index < -0.39 is 62.9 Å². The number of allylic oxidation sites excluding steroid dienone is 5. The Morgan fingerprint density at radius 2 is 1.74 bits per heavy atom. The smallest absolute Gasteiger partial charge is 0.200 e. The number of carbonyl (C=O) groups is 1. The molecule has 2 heterocycles. The SMILES string of the molecule is [2H]C1([2H])N(c2ccc3c(c2)C(C)(C)C2=CC(=[N+]4C([2H])([2H])C([2H])([2H])C([2H])([2H])C4([2H])[2H])C=CC2=C3c2ccccc2C(=O)[O-])C([2H])([2H])C([2H])([2H])C1([2H])[2H]. The molecule has 4 heteroatoms. The van der Waals surface area contributed by atoms with Crippen LogP contribution < -0.4 is 10.0 Å². The number of anilines is 1. The quantitative estimate of drug-likeness (QED) is 0.608. The number of aromatic carboxylic acids is 1. The van der Waals surface area contributed by atoms with Crippen molar-refractivity contribution in [3.05, 3.63) is 94.1 Å². The Hall–Kier alpha value is -3.40. The van der Waals surface area contributed by atoms with Crippen molar-refractivity contribution in [2.24, 2.45) is 0 Å². The summed E-state index contributed by atoms with van der Waals surface area (Å²) in [6.07, 6.45) is -9.24. The topological polar surface area (TPSA) is 46.4 Å². The van der Waals surface area contributed by atoms with E-state index in [1.54, 1.807) is 19.9 Å². The van der Waals surface area contributed by atoms with Crippen LogP contribution >= 0.6 is 0 Å². The minimum absolute atomic E-state index is 0.162. The molecule has 0 atom stereocenters. The first-order valence-electron chi connectivity index (χ1n) is 19.1. The lowest BCUT2D eigenvalue weighted by Gasteiger charge is -2.40. The van der Waals surface area contributed by atoms with Crippen molar-refractivity contribution < 1.29 is 36.4 Å². The van der Waals surface area contributed by atoms with Gasteiger partial charge in [0.25, 0.3) is 0 Å². The van der Waals surface area contributed by atoms with Crippen molar-refractivity contribution in [2.45, 2.75) is 44.8 Å². The number of nitrogens with zero attached hydrogens (tertiary/aromatic N) is 2. The molecule has 0 aromatic heterocycles. The van der Waals surface area contributed by atoms with Crippen molar-refractivity contribution >= 4 is 22.9 Å². The number of hydrogen-bond donors (Lipinski definition) is 0. The highest BCUT2D eigenvalue weighted by Gasteiger charge is 2.39. The van der Waals surface area contributed by atoms with E-state index >= 15 is 0 Å². The largest absolute Gasteiger partial charge is 0.545 e. The summed E-state index contributed by atoms with van der Waals surface area (Å²) in [6, 6.07) is 9.96. The van der Waals surface area contributed by atoms with Gasteiger partial charge in [0, 0.05) is 71.0 Å². The normalized spacial score (nSPS) is 39.0. The molecule has 4 nitrogen and oxygen atoms in total. The molecule has 2 fully saturated rings. The highest BCUT2D eigenvalue weighted by molar-refractivity contribution is 6.08. The number of carboxylic acid groups (broad SMARTS) is 1. The lowest BCUT2D eigenvalue weighted by Crippen LogP contribution is -2.32. The molecule has 0 radical (unpaired) electrons. The van der Waals surface area contributed by atoms with E-state index in [0.29, 0.717) is 31.7 Å². The minimum atomic E-state index is -3.33. The second-order valence-electron chi connectivity index (χ2n) is 8.91. The summed E-state index contributed by atoms with van der Waals surface area (Å²) in [5.41, 5.74) is -0.165. The Morgan fingerprint density at radius 3 is 2.49 bits per heavy atom. The van der Waals surface area contributed by atoms with Crippen LogP contribution in [-0.2, 0) is 5.41 Å². The van der Waals surface area contributed by atoms with Crippen molar-refractivity contribution in [1.82, 2.24) is 0 Å². The van der Waals surface area contributed by atoms with Gasteiger partial charge in [-0.25, -0.2) is 4.58 Å². The van der Waals surface area contributed by atoms with E-state index in [9.17, 15) is 9.90 Å². The first kappa shape index (κ1) is 10.7. The molecule has 0 N–H and O–H groups in total. The minimum Gasteiger partial charge on any atom is -0.545 e. The molecule has 0 amide bonds. The summed E-state index contributed by atoms with van der Waals surface area (Å²) in [6.45, 7) is -9.49. The van der Waals surface area contributed by atoms with Gasteiger partial charge in [0.15, 0.2) is 5.71 Å². The molecule has 35 heavy (non-hydrogen) atoms. The average Bonchev–Trinajstić information content (AvgIpc) is 3.12. The van der Waals surface area contributed by atoms with Crippen molar-refractivity contribution in [3.8, 4) is 0 Å². The molecule has 4 aliphatic rings. The third kappa shape index (κ3) is 3.58. The predicted octanol–water partition coefficient (Wildman–Crippen LogP) is 4.49. The van der Waals surface area contributed by atoms with Crippen LogP contribution in [0.15, 0.2) is 71.8 Å². The summed E-state index contributed by atoms with van der Waals surface area (Å²) in [5.74, 6) is -1.52. The molecule has 2 aliphatic carbocycles. The third-order valence-electron chi connectivity index (χ3n) is 6.62. The molecular formula is C31H32N2O2. The highest BCUT2D eigenvalue weighted by Crippen LogP contribution is 2.51. The van der Waals surface area contributed by atoms with Crippen LogP contribution in [0.3, 0.4) is 0 Å². The van der Waals surface area contributed by atoms with E-state index in [4.69, 9.17) is 21.9 Å². The maximum absolute atomic E-state index is 12.4. The molecule has 0 spiro atoms. The fourth-order valence-corrected chi connectivity index (χ4v) is 4.92. The fraction of sp³-hybridized carbons (Fsp3) is 0.355. The molecule has 2 aromatic carbocycles. The molecule has 0 unspecified atom stereocenters. The molecule has 0 saturated carbocycles. The van der Waals surface area contributed by atoms with E-state index in [0.717, 1.165) is 0 Å². The first-order valence-corrected chi connectivity index (χ1v) is 11.1. The van der Waals surface area contributed by atoms with Crippen LogP contribution in [0.5, 0.6) is 0 Å². The lowest BCUT2D eigenvalue weighted by atomic mass is 9.64. The number of benzene rings is 2. The number of rotatable bonds is 3. The zero-order valence-electron chi connectivity index (χ0n) is 35.0. The summed E-state index contributed by atoms with van der Waals surface area (Å²) in [5, 5.41) is 12.4. The maximum atomic E-state index is 12.4. The molecule has 6 rings (SSSR count). The predicted molar refractivity (Wildman–Crippen MR) is 139 cm³/mol. The molecule has 178 valence electrons. The molecular weight excluding hydrogens is 432 g/mol. The number of fused-ring (bicyclic) bond motifs is 2. The second kappa shape index (κ2) is 8.37. The standard InChI is InChI=1S/C31H32N2O2/c1-31(2)27-19-21(32-15-5-6-16-32)11-13-25(27)29(23-9-3-4-10-24(23)30(34)35)26-14-12-22(20-28(26)31)33-17-7-8-18-33/h3-4,9-14,19-20H,5-8,15-18H2,1-2H3/i5D2,6D2,7D2,8D2,15D2,16D2,17D2,18D2. The third-order valence-corrected chi connectivity index (χ3v) is 6.62. The highest BCUT2D eigenvalue weighted by atomic mass is 16.4. The van der Waals surface area contributed by atoms with E-state index in [1.807, 2.05) is 0 Å². The van der Waals surface area contributed by atoms with Gasteiger partial charge < -0.3 is 14.8 Å². The number of carbonyl (C=O) groups excluding carboxylic acids is 1. The van der Waals surface area contributed by atoms with E-state index in [2.05, 4.69) is 0 Å². The monoisotopic (exact) mass is 480 g/mol. The van der Waals surface area contributed by atoms with Gasteiger partial charge in [-0.05, 0) is 64.4 Å². The van der Waals surface area contributed by atoms with Gasteiger partial charge in [0.2, 0.25) is 0 Å². The van der Waals surface area contributed by atoms with Crippen molar-refractivity contribution in [1.29, 1.82) is 0 Å². The Labute approximate surface area is 230 Å². The van der Waals surface area contributed by atoms with Crippen LogP contribution in [0, 0.1) is 0 Å². The van der Waals surface area contributed by atoms with Gasteiger partial charge in [-0.2, -0.15) is 0 Å².